The molecule has 0 bridgehead atoms. The molecule has 1 aliphatic rings. The third-order valence-electron chi connectivity index (χ3n) is 3.33. The largest absolute Gasteiger partial charge is 0.326 e. The van der Waals surface area contributed by atoms with Crippen LogP contribution in [-0.2, 0) is 6.54 Å². The molecule has 1 saturated heterocycles. The highest BCUT2D eigenvalue weighted by Gasteiger charge is 2.27. The summed E-state index contributed by atoms with van der Waals surface area (Å²) in [6, 6.07) is 5.77. The standard InChI is InChI=1S/C12H16BrFN2/c1-8-12(15)4-5-16(8)7-9-2-3-10(13)6-11(9)14/h2-3,6,8,12H,4-5,7,15H2,1H3. The summed E-state index contributed by atoms with van der Waals surface area (Å²) in [6.45, 7) is 3.71. The number of nitrogens with zero attached hydrogens (tertiary/aromatic N) is 1. The van der Waals surface area contributed by atoms with Gasteiger partial charge in [0.25, 0.3) is 0 Å². The van der Waals surface area contributed by atoms with E-state index in [0.717, 1.165) is 23.0 Å². The smallest absolute Gasteiger partial charge is 0.128 e. The molecule has 2 unspecified atom stereocenters. The van der Waals surface area contributed by atoms with Gasteiger partial charge in [-0.15, -0.1) is 0 Å². The molecule has 2 N–H and O–H groups in total. The first kappa shape index (κ1) is 12.0. The predicted octanol–water partition coefficient (Wildman–Crippen LogP) is 2.51. The summed E-state index contributed by atoms with van der Waals surface area (Å²) in [7, 11) is 0. The third kappa shape index (κ3) is 2.44. The lowest BCUT2D eigenvalue weighted by atomic mass is 10.1. The van der Waals surface area contributed by atoms with Gasteiger partial charge in [-0.25, -0.2) is 4.39 Å². The zero-order chi connectivity index (χ0) is 11.7. The second-order valence-corrected chi connectivity index (χ2v) is 5.32. The van der Waals surface area contributed by atoms with Crippen LogP contribution >= 0.6 is 15.9 Å². The minimum atomic E-state index is -0.151. The van der Waals surface area contributed by atoms with Crippen LogP contribution in [0.4, 0.5) is 4.39 Å². The molecule has 1 aromatic rings. The lowest BCUT2D eigenvalue weighted by Gasteiger charge is -2.23. The van der Waals surface area contributed by atoms with Crippen molar-refractivity contribution in [2.75, 3.05) is 6.54 Å². The molecule has 2 nitrogen and oxygen atoms in total. The normalized spacial score (nSPS) is 26.2. The summed E-state index contributed by atoms with van der Waals surface area (Å²) in [5.41, 5.74) is 6.68. The van der Waals surface area contributed by atoms with Gasteiger partial charge in [-0.3, -0.25) is 4.90 Å². The van der Waals surface area contributed by atoms with Crippen molar-refractivity contribution in [2.24, 2.45) is 5.73 Å². The van der Waals surface area contributed by atoms with Gasteiger partial charge in [0, 0.05) is 35.2 Å². The fourth-order valence-corrected chi connectivity index (χ4v) is 2.46. The molecular formula is C12H16BrFN2. The van der Waals surface area contributed by atoms with E-state index in [1.165, 1.54) is 6.07 Å². The number of halogens is 2. The summed E-state index contributed by atoms with van der Waals surface area (Å²) >= 11 is 3.26. The van der Waals surface area contributed by atoms with Gasteiger partial charge in [0.05, 0.1) is 0 Å². The zero-order valence-electron chi connectivity index (χ0n) is 9.29. The van der Waals surface area contributed by atoms with Crippen molar-refractivity contribution in [3.8, 4) is 0 Å². The Balaban J connectivity index is 2.09. The predicted molar refractivity (Wildman–Crippen MR) is 66.6 cm³/mol. The molecule has 4 heteroatoms. The van der Waals surface area contributed by atoms with Crippen molar-refractivity contribution in [1.29, 1.82) is 0 Å². The molecule has 0 saturated carbocycles. The Morgan fingerprint density at radius 3 is 2.88 bits per heavy atom. The Morgan fingerprint density at radius 2 is 2.31 bits per heavy atom. The Labute approximate surface area is 104 Å². The SMILES string of the molecule is CC1C(N)CCN1Cc1ccc(Br)cc1F. The van der Waals surface area contributed by atoms with Gasteiger partial charge in [0.2, 0.25) is 0 Å². The Morgan fingerprint density at radius 1 is 1.56 bits per heavy atom. The van der Waals surface area contributed by atoms with Gasteiger partial charge in [0.1, 0.15) is 5.82 Å². The topological polar surface area (TPSA) is 29.3 Å². The van der Waals surface area contributed by atoms with Crippen molar-refractivity contribution < 1.29 is 4.39 Å². The fraction of sp³-hybridized carbons (Fsp3) is 0.500. The fourth-order valence-electron chi connectivity index (χ4n) is 2.12. The van der Waals surface area contributed by atoms with Crippen LogP contribution < -0.4 is 5.73 Å². The lowest BCUT2D eigenvalue weighted by Crippen LogP contribution is -2.36. The van der Waals surface area contributed by atoms with Crippen LogP contribution in [0.2, 0.25) is 0 Å². The highest BCUT2D eigenvalue weighted by molar-refractivity contribution is 9.10. The van der Waals surface area contributed by atoms with Crippen molar-refractivity contribution in [2.45, 2.75) is 32.0 Å². The number of hydrogen-bond donors (Lipinski definition) is 1. The van der Waals surface area contributed by atoms with Gasteiger partial charge in [-0.05, 0) is 25.5 Å². The maximum Gasteiger partial charge on any atom is 0.128 e. The Kier molecular flexibility index (Phi) is 3.62. The molecule has 88 valence electrons. The molecule has 16 heavy (non-hydrogen) atoms. The highest BCUT2D eigenvalue weighted by atomic mass is 79.9. The molecule has 0 spiro atoms. The van der Waals surface area contributed by atoms with E-state index < -0.39 is 0 Å². The lowest BCUT2D eigenvalue weighted by molar-refractivity contribution is 0.248. The zero-order valence-corrected chi connectivity index (χ0v) is 10.9. The molecular weight excluding hydrogens is 271 g/mol. The molecule has 1 heterocycles. The van der Waals surface area contributed by atoms with Gasteiger partial charge in [-0.2, -0.15) is 0 Å². The molecule has 0 aliphatic carbocycles. The number of hydrogen-bond acceptors (Lipinski definition) is 2. The van der Waals surface area contributed by atoms with E-state index in [2.05, 4.69) is 27.8 Å². The quantitative estimate of drug-likeness (QED) is 0.905. The molecule has 0 aromatic heterocycles. The van der Waals surface area contributed by atoms with Crippen molar-refractivity contribution in [3.63, 3.8) is 0 Å². The second kappa shape index (κ2) is 4.82. The first-order valence-corrected chi connectivity index (χ1v) is 6.31. The molecule has 1 aliphatic heterocycles. The van der Waals surface area contributed by atoms with Gasteiger partial charge in [0.15, 0.2) is 0 Å². The minimum Gasteiger partial charge on any atom is -0.326 e. The number of likely N-dealkylation sites (tertiary alicyclic amines) is 1. The van der Waals surface area contributed by atoms with Crippen LogP contribution in [0.5, 0.6) is 0 Å². The minimum absolute atomic E-state index is 0.151. The molecule has 1 fully saturated rings. The van der Waals surface area contributed by atoms with E-state index in [1.54, 1.807) is 0 Å². The van der Waals surface area contributed by atoms with Crippen LogP contribution in [0.15, 0.2) is 22.7 Å². The van der Waals surface area contributed by atoms with E-state index in [-0.39, 0.29) is 11.9 Å². The maximum atomic E-state index is 13.6. The van der Waals surface area contributed by atoms with E-state index in [9.17, 15) is 4.39 Å². The Hall–Kier alpha value is -0.450. The van der Waals surface area contributed by atoms with E-state index >= 15 is 0 Å². The van der Waals surface area contributed by atoms with Crippen molar-refractivity contribution in [3.05, 3.63) is 34.1 Å². The van der Waals surface area contributed by atoms with Gasteiger partial charge in [-0.1, -0.05) is 22.0 Å². The molecule has 1 aromatic carbocycles. The Bertz CT molecular complexity index is 383. The maximum absolute atomic E-state index is 13.6. The summed E-state index contributed by atoms with van der Waals surface area (Å²) in [5.74, 6) is -0.151. The van der Waals surface area contributed by atoms with Crippen molar-refractivity contribution in [1.82, 2.24) is 4.90 Å². The summed E-state index contributed by atoms with van der Waals surface area (Å²) < 4.78 is 14.4. The third-order valence-corrected chi connectivity index (χ3v) is 3.83. The summed E-state index contributed by atoms with van der Waals surface area (Å²) in [6.07, 6.45) is 0.999. The molecule has 2 atom stereocenters. The average Bonchev–Trinajstić information content (AvgIpc) is 2.54. The number of nitrogens with two attached hydrogens (primary N) is 1. The highest BCUT2D eigenvalue weighted by Crippen LogP contribution is 2.22. The molecule has 0 amide bonds. The van der Waals surface area contributed by atoms with Gasteiger partial charge >= 0.3 is 0 Å². The second-order valence-electron chi connectivity index (χ2n) is 4.40. The number of rotatable bonds is 2. The number of benzene rings is 1. The van der Waals surface area contributed by atoms with Crippen LogP contribution in [0, 0.1) is 5.82 Å². The van der Waals surface area contributed by atoms with E-state index in [0.29, 0.717) is 12.6 Å². The van der Waals surface area contributed by atoms with Crippen LogP contribution in [0.3, 0.4) is 0 Å². The average molecular weight is 287 g/mol. The summed E-state index contributed by atoms with van der Waals surface area (Å²) in [5, 5.41) is 0. The van der Waals surface area contributed by atoms with Crippen LogP contribution in [0.1, 0.15) is 18.9 Å². The monoisotopic (exact) mass is 286 g/mol. The van der Waals surface area contributed by atoms with Gasteiger partial charge < -0.3 is 5.73 Å². The van der Waals surface area contributed by atoms with E-state index in [1.807, 2.05) is 12.1 Å². The molecule has 2 rings (SSSR count). The van der Waals surface area contributed by atoms with Crippen LogP contribution in [0.25, 0.3) is 0 Å². The summed E-state index contributed by atoms with van der Waals surface area (Å²) in [4.78, 5) is 2.23. The van der Waals surface area contributed by atoms with E-state index in [4.69, 9.17) is 5.73 Å². The first-order valence-electron chi connectivity index (χ1n) is 5.51. The molecule has 0 radical (unpaired) electrons. The van der Waals surface area contributed by atoms with Crippen LogP contribution in [-0.4, -0.2) is 23.5 Å². The van der Waals surface area contributed by atoms with Crippen molar-refractivity contribution >= 4 is 15.9 Å². The first-order chi connectivity index (χ1) is 7.58.